The van der Waals surface area contributed by atoms with Gasteiger partial charge in [0.05, 0.1) is 0 Å². The van der Waals surface area contributed by atoms with Crippen LogP contribution in [-0.2, 0) is 0 Å². The van der Waals surface area contributed by atoms with Gasteiger partial charge in [0.25, 0.3) is 0 Å². The van der Waals surface area contributed by atoms with E-state index in [-0.39, 0.29) is 0 Å². The maximum Gasteiger partial charge on any atom is 0.248 e. The van der Waals surface area contributed by atoms with Crippen LogP contribution in [0.25, 0.3) is 39.6 Å². The van der Waals surface area contributed by atoms with E-state index in [0.717, 1.165) is 40.7 Å². The Bertz CT molecular complexity index is 1060. The molecule has 0 aliphatic rings. The number of nitrogens with zero attached hydrogens (tertiary/aromatic N) is 2. The molecule has 4 aromatic rings. The van der Waals surface area contributed by atoms with Gasteiger partial charge in [0.2, 0.25) is 11.8 Å². The highest BCUT2D eigenvalue weighted by Gasteiger charge is 2.11. The summed E-state index contributed by atoms with van der Waals surface area (Å²) < 4.78 is 5.90. The fourth-order valence-corrected chi connectivity index (χ4v) is 3.19. The minimum absolute atomic E-state index is 0.522. The van der Waals surface area contributed by atoms with E-state index < -0.39 is 0 Å². The molecule has 1 heterocycles. The average molecular weight is 366 g/mol. The number of allylic oxidation sites excluding steroid dienone is 1. The van der Waals surface area contributed by atoms with E-state index in [0.29, 0.717) is 11.8 Å². The quantitative estimate of drug-likeness (QED) is 0.373. The summed E-state index contributed by atoms with van der Waals surface area (Å²) in [5.41, 5.74) is 6.47. The molecule has 1 aromatic heterocycles. The second kappa shape index (κ2) is 8.05. The van der Waals surface area contributed by atoms with E-state index in [1.54, 1.807) is 0 Å². The van der Waals surface area contributed by atoms with Gasteiger partial charge in [0.15, 0.2) is 0 Å². The molecule has 0 spiro atoms. The van der Waals surface area contributed by atoms with Crippen molar-refractivity contribution in [1.29, 1.82) is 0 Å². The smallest absolute Gasteiger partial charge is 0.248 e. The molecule has 0 fully saturated rings. The van der Waals surface area contributed by atoms with E-state index in [4.69, 9.17) is 4.42 Å². The third kappa shape index (κ3) is 3.79. The highest BCUT2D eigenvalue weighted by atomic mass is 16.4. The summed E-state index contributed by atoms with van der Waals surface area (Å²) in [4.78, 5) is 0. The molecular weight excluding hydrogens is 344 g/mol. The topological polar surface area (TPSA) is 38.9 Å². The normalized spacial score (nSPS) is 10.8. The van der Waals surface area contributed by atoms with Gasteiger partial charge in [-0.2, -0.15) is 0 Å². The van der Waals surface area contributed by atoms with Gasteiger partial charge in [0.1, 0.15) is 0 Å². The van der Waals surface area contributed by atoms with Crippen molar-refractivity contribution >= 4 is 5.57 Å². The maximum absolute atomic E-state index is 5.90. The molecule has 0 amide bonds. The van der Waals surface area contributed by atoms with Crippen LogP contribution in [-0.4, -0.2) is 10.2 Å². The summed E-state index contributed by atoms with van der Waals surface area (Å²) in [6.45, 7) is 6.30. The molecule has 28 heavy (non-hydrogen) atoms. The molecule has 0 unspecified atom stereocenters. The second-order valence-corrected chi connectivity index (χ2v) is 6.79. The molecule has 3 aromatic carbocycles. The molecule has 0 atom stereocenters. The lowest BCUT2D eigenvalue weighted by Crippen LogP contribution is -1.84. The minimum Gasteiger partial charge on any atom is -0.416 e. The van der Waals surface area contributed by atoms with Crippen LogP contribution in [0.15, 0.2) is 89.9 Å². The van der Waals surface area contributed by atoms with Crippen molar-refractivity contribution in [3.05, 3.63) is 91.0 Å². The Balaban J connectivity index is 1.53. The number of aromatic nitrogens is 2. The molecule has 3 heteroatoms. The highest BCUT2D eigenvalue weighted by molar-refractivity contribution is 5.68. The van der Waals surface area contributed by atoms with Crippen LogP contribution in [0.5, 0.6) is 0 Å². The minimum atomic E-state index is 0.522. The Morgan fingerprint density at radius 3 is 1.79 bits per heavy atom. The Morgan fingerprint density at radius 1 is 0.714 bits per heavy atom. The summed E-state index contributed by atoms with van der Waals surface area (Å²) in [7, 11) is 0. The number of hydrogen-bond donors (Lipinski definition) is 0. The summed E-state index contributed by atoms with van der Waals surface area (Å²) >= 11 is 0. The molecule has 0 aliphatic carbocycles. The van der Waals surface area contributed by atoms with Gasteiger partial charge in [0, 0.05) is 11.1 Å². The molecule has 0 saturated heterocycles. The maximum atomic E-state index is 5.90. The van der Waals surface area contributed by atoms with Crippen LogP contribution < -0.4 is 0 Å². The zero-order valence-electron chi connectivity index (χ0n) is 15.9. The first-order chi connectivity index (χ1) is 13.7. The van der Waals surface area contributed by atoms with Crippen molar-refractivity contribution in [2.75, 3.05) is 0 Å². The molecule has 4 rings (SSSR count). The van der Waals surface area contributed by atoms with Crippen molar-refractivity contribution in [3.8, 4) is 34.0 Å². The molecular formula is C25H22N2O. The van der Waals surface area contributed by atoms with E-state index in [1.165, 1.54) is 5.56 Å². The first kappa shape index (κ1) is 17.9. The zero-order chi connectivity index (χ0) is 19.3. The van der Waals surface area contributed by atoms with E-state index in [2.05, 4.69) is 60.1 Å². The Hall–Kier alpha value is -3.46. The second-order valence-electron chi connectivity index (χ2n) is 6.79. The summed E-state index contributed by atoms with van der Waals surface area (Å²) in [5.74, 6) is 1.05. The van der Waals surface area contributed by atoms with Crippen molar-refractivity contribution in [1.82, 2.24) is 10.2 Å². The van der Waals surface area contributed by atoms with E-state index >= 15 is 0 Å². The van der Waals surface area contributed by atoms with Gasteiger partial charge in [-0.1, -0.05) is 74.5 Å². The molecule has 0 bridgehead atoms. The average Bonchev–Trinajstić information content (AvgIpc) is 3.25. The van der Waals surface area contributed by atoms with Gasteiger partial charge in [-0.3, -0.25) is 0 Å². The lowest BCUT2D eigenvalue weighted by molar-refractivity contribution is 0.584. The molecule has 138 valence electrons. The van der Waals surface area contributed by atoms with Crippen molar-refractivity contribution in [2.45, 2.75) is 19.8 Å². The van der Waals surface area contributed by atoms with Gasteiger partial charge in [-0.25, -0.2) is 0 Å². The molecule has 0 radical (unpaired) electrons. The number of hydrogen-bond acceptors (Lipinski definition) is 3. The largest absolute Gasteiger partial charge is 0.416 e. The van der Waals surface area contributed by atoms with Crippen LogP contribution in [0.2, 0.25) is 0 Å². The van der Waals surface area contributed by atoms with Crippen molar-refractivity contribution in [3.63, 3.8) is 0 Å². The van der Waals surface area contributed by atoms with Gasteiger partial charge in [-0.05, 0) is 52.9 Å². The van der Waals surface area contributed by atoms with Crippen LogP contribution >= 0.6 is 0 Å². The van der Waals surface area contributed by atoms with Gasteiger partial charge >= 0.3 is 0 Å². The lowest BCUT2D eigenvalue weighted by atomic mass is 10.0. The predicted molar refractivity (Wildman–Crippen MR) is 115 cm³/mol. The third-order valence-corrected chi connectivity index (χ3v) is 4.76. The highest BCUT2D eigenvalue weighted by Crippen LogP contribution is 2.28. The number of benzene rings is 3. The molecule has 0 aliphatic heterocycles. The summed E-state index contributed by atoms with van der Waals surface area (Å²) in [5, 5.41) is 8.43. The van der Waals surface area contributed by atoms with Crippen molar-refractivity contribution < 1.29 is 4.42 Å². The SMILES string of the molecule is C=C(CCC)c1ccc(-c2nnc(-c3ccc(-c4ccccc4)cc3)o2)cc1. The van der Waals surface area contributed by atoms with Crippen molar-refractivity contribution in [2.24, 2.45) is 0 Å². The van der Waals surface area contributed by atoms with Gasteiger partial charge < -0.3 is 4.42 Å². The monoisotopic (exact) mass is 366 g/mol. The predicted octanol–water partition coefficient (Wildman–Crippen LogP) is 6.88. The molecule has 0 N–H and O–H groups in total. The Kier molecular flexibility index (Phi) is 5.16. The summed E-state index contributed by atoms with van der Waals surface area (Å²) in [6.07, 6.45) is 2.10. The molecule has 3 nitrogen and oxygen atoms in total. The van der Waals surface area contributed by atoms with Crippen LogP contribution in [0.4, 0.5) is 0 Å². The Labute approximate surface area is 165 Å². The lowest BCUT2D eigenvalue weighted by Gasteiger charge is -2.04. The zero-order valence-corrected chi connectivity index (χ0v) is 15.9. The van der Waals surface area contributed by atoms with E-state index in [1.807, 2.05) is 42.5 Å². The first-order valence-corrected chi connectivity index (χ1v) is 9.52. The fraction of sp³-hybridized carbons (Fsp3) is 0.120. The van der Waals surface area contributed by atoms with Crippen LogP contribution in [0, 0.1) is 0 Å². The van der Waals surface area contributed by atoms with E-state index in [9.17, 15) is 0 Å². The fourth-order valence-electron chi connectivity index (χ4n) is 3.19. The Morgan fingerprint density at radius 2 is 1.21 bits per heavy atom. The number of rotatable bonds is 6. The first-order valence-electron chi connectivity index (χ1n) is 9.52. The van der Waals surface area contributed by atoms with Gasteiger partial charge in [-0.15, -0.1) is 10.2 Å². The molecule has 0 saturated carbocycles. The van der Waals surface area contributed by atoms with Crippen LogP contribution in [0.3, 0.4) is 0 Å². The third-order valence-electron chi connectivity index (χ3n) is 4.76. The van der Waals surface area contributed by atoms with Crippen LogP contribution in [0.1, 0.15) is 25.3 Å². The standard InChI is InChI=1S/C25H22N2O/c1-3-7-18(2)19-10-14-22(15-11-19)24-26-27-25(28-24)23-16-12-21(13-17-23)20-8-5-4-6-9-20/h4-6,8-17H,2-3,7H2,1H3. The summed E-state index contributed by atoms with van der Waals surface area (Å²) in [6, 6.07) is 26.6.